The van der Waals surface area contributed by atoms with Crippen LogP contribution in [0.5, 0.6) is 0 Å². The molecule has 1 aliphatic carbocycles. The van der Waals surface area contributed by atoms with Crippen LogP contribution in [0.1, 0.15) is 37.3 Å². The van der Waals surface area contributed by atoms with Crippen LogP contribution in [0, 0.1) is 5.92 Å². The Morgan fingerprint density at radius 2 is 2.24 bits per heavy atom. The fourth-order valence-electron chi connectivity index (χ4n) is 3.55. The van der Waals surface area contributed by atoms with Gasteiger partial charge in [-0.3, -0.25) is 0 Å². The van der Waals surface area contributed by atoms with E-state index in [0.717, 1.165) is 31.4 Å². The van der Waals surface area contributed by atoms with Gasteiger partial charge >= 0.3 is 0 Å². The van der Waals surface area contributed by atoms with Crippen LogP contribution in [0.2, 0.25) is 0 Å². The van der Waals surface area contributed by atoms with Gasteiger partial charge in [-0.2, -0.15) is 5.10 Å². The largest absolute Gasteiger partial charge is 0.354 e. The lowest BCUT2D eigenvalue weighted by Crippen LogP contribution is -2.25. The predicted molar refractivity (Wildman–Crippen MR) is 83.8 cm³/mol. The monoisotopic (exact) mass is 285 g/mol. The third-order valence-electron chi connectivity index (χ3n) is 4.99. The van der Waals surface area contributed by atoms with E-state index in [1.807, 2.05) is 24.0 Å². The molecule has 2 aliphatic rings. The Labute approximate surface area is 125 Å². The Bertz CT molecular complexity index is 631. The molecule has 1 saturated heterocycles. The van der Waals surface area contributed by atoms with Crippen molar-refractivity contribution < 1.29 is 0 Å². The normalized spacial score (nSPS) is 22.9. The lowest BCUT2D eigenvalue weighted by molar-refractivity contribution is 0.409. The van der Waals surface area contributed by atoms with Crippen molar-refractivity contribution >= 4 is 11.3 Å². The summed E-state index contributed by atoms with van der Waals surface area (Å²) in [7, 11) is 2.03. The standard InChI is InChI=1S/C16H23N5/c1-17-10-12-5-7-20(11-12)16-15-9-14(13-3-2-4-13)19-21(15)8-6-18-16/h6,8-9,12-13,17H,2-5,7,10-11H2,1H3. The van der Waals surface area contributed by atoms with Crippen molar-refractivity contribution in [2.24, 2.45) is 5.92 Å². The lowest BCUT2D eigenvalue weighted by Gasteiger charge is -2.22. The van der Waals surface area contributed by atoms with Crippen molar-refractivity contribution in [2.45, 2.75) is 31.6 Å². The Morgan fingerprint density at radius 3 is 3.00 bits per heavy atom. The van der Waals surface area contributed by atoms with Gasteiger partial charge in [0.15, 0.2) is 5.82 Å². The molecule has 1 saturated carbocycles. The minimum absolute atomic E-state index is 0.674. The second kappa shape index (κ2) is 5.30. The number of hydrogen-bond donors (Lipinski definition) is 1. The van der Waals surface area contributed by atoms with Crippen LogP contribution in [0.15, 0.2) is 18.5 Å². The maximum Gasteiger partial charge on any atom is 0.154 e. The molecule has 5 heteroatoms. The highest BCUT2D eigenvalue weighted by Gasteiger charge is 2.26. The van der Waals surface area contributed by atoms with E-state index in [1.165, 1.54) is 36.9 Å². The van der Waals surface area contributed by atoms with Gasteiger partial charge < -0.3 is 10.2 Å². The van der Waals surface area contributed by atoms with Crippen molar-refractivity contribution in [1.29, 1.82) is 0 Å². The van der Waals surface area contributed by atoms with Gasteiger partial charge in [0.25, 0.3) is 0 Å². The molecule has 5 nitrogen and oxygen atoms in total. The molecule has 2 aromatic rings. The summed E-state index contributed by atoms with van der Waals surface area (Å²) in [4.78, 5) is 7.06. The summed E-state index contributed by atoms with van der Waals surface area (Å²) in [6, 6.07) is 2.26. The summed E-state index contributed by atoms with van der Waals surface area (Å²) in [5.41, 5.74) is 2.42. The lowest BCUT2D eigenvalue weighted by atomic mass is 9.83. The van der Waals surface area contributed by atoms with Crippen molar-refractivity contribution in [3.8, 4) is 0 Å². The minimum Gasteiger partial charge on any atom is -0.354 e. The molecule has 1 atom stereocenters. The van der Waals surface area contributed by atoms with Crippen LogP contribution < -0.4 is 10.2 Å². The summed E-state index contributed by atoms with van der Waals surface area (Å²) in [6.45, 7) is 3.28. The van der Waals surface area contributed by atoms with Gasteiger partial charge in [0.2, 0.25) is 0 Å². The fourth-order valence-corrected chi connectivity index (χ4v) is 3.55. The molecule has 112 valence electrons. The zero-order valence-electron chi connectivity index (χ0n) is 12.6. The second-order valence-corrected chi connectivity index (χ2v) is 6.44. The van der Waals surface area contributed by atoms with Gasteiger partial charge in [-0.15, -0.1) is 0 Å². The van der Waals surface area contributed by atoms with Gasteiger partial charge in [0.1, 0.15) is 5.52 Å². The van der Waals surface area contributed by atoms with Crippen LogP contribution in [0.25, 0.3) is 5.52 Å². The van der Waals surface area contributed by atoms with E-state index < -0.39 is 0 Å². The molecule has 2 fully saturated rings. The first kappa shape index (κ1) is 13.1. The molecule has 21 heavy (non-hydrogen) atoms. The number of nitrogens with one attached hydrogen (secondary N) is 1. The molecular formula is C16H23N5. The molecule has 0 radical (unpaired) electrons. The summed E-state index contributed by atoms with van der Waals surface area (Å²) in [5, 5.41) is 8.05. The van der Waals surface area contributed by atoms with E-state index in [2.05, 4.69) is 21.3 Å². The average Bonchev–Trinajstić information content (AvgIpc) is 3.03. The third kappa shape index (κ3) is 2.29. The Balaban J connectivity index is 1.64. The molecule has 0 spiro atoms. The Morgan fingerprint density at radius 1 is 1.33 bits per heavy atom. The maximum atomic E-state index is 4.76. The smallest absolute Gasteiger partial charge is 0.154 e. The van der Waals surface area contributed by atoms with E-state index in [4.69, 9.17) is 5.10 Å². The summed E-state index contributed by atoms with van der Waals surface area (Å²) < 4.78 is 2.02. The van der Waals surface area contributed by atoms with Crippen LogP contribution in [0.4, 0.5) is 5.82 Å². The summed E-state index contributed by atoms with van der Waals surface area (Å²) >= 11 is 0. The number of rotatable bonds is 4. The molecule has 1 aliphatic heterocycles. The first-order chi connectivity index (χ1) is 10.3. The topological polar surface area (TPSA) is 45.5 Å². The van der Waals surface area contributed by atoms with Gasteiger partial charge in [-0.05, 0) is 44.8 Å². The molecule has 4 rings (SSSR count). The molecule has 0 bridgehead atoms. The molecule has 2 aromatic heterocycles. The molecular weight excluding hydrogens is 262 g/mol. The Hall–Kier alpha value is -1.62. The van der Waals surface area contributed by atoms with Crippen LogP contribution in [-0.4, -0.2) is 41.3 Å². The highest BCUT2D eigenvalue weighted by atomic mass is 15.3. The maximum absolute atomic E-state index is 4.76. The van der Waals surface area contributed by atoms with E-state index in [0.29, 0.717) is 5.92 Å². The minimum atomic E-state index is 0.674. The molecule has 0 amide bonds. The predicted octanol–water partition coefficient (Wildman–Crippen LogP) is 2.04. The summed E-state index contributed by atoms with van der Waals surface area (Å²) in [6.07, 6.45) is 9.03. The van der Waals surface area contributed by atoms with Crippen molar-refractivity contribution in [3.05, 3.63) is 24.2 Å². The number of fused-ring (bicyclic) bond motifs is 1. The molecule has 1 N–H and O–H groups in total. The second-order valence-electron chi connectivity index (χ2n) is 6.44. The fraction of sp³-hybridized carbons (Fsp3) is 0.625. The number of aromatic nitrogens is 3. The zero-order valence-corrected chi connectivity index (χ0v) is 12.6. The van der Waals surface area contributed by atoms with E-state index in [-0.39, 0.29) is 0 Å². The van der Waals surface area contributed by atoms with Gasteiger partial charge in [-0.1, -0.05) is 6.42 Å². The highest BCUT2D eigenvalue weighted by Crippen LogP contribution is 2.37. The van der Waals surface area contributed by atoms with E-state index in [9.17, 15) is 0 Å². The van der Waals surface area contributed by atoms with Gasteiger partial charge in [0, 0.05) is 31.4 Å². The first-order valence-corrected chi connectivity index (χ1v) is 8.09. The van der Waals surface area contributed by atoms with E-state index in [1.54, 1.807) is 0 Å². The number of nitrogens with zero attached hydrogens (tertiary/aromatic N) is 4. The van der Waals surface area contributed by atoms with Crippen LogP contribution in [0.3, 0.4) is 0 Å². The van der Waals surface area contributed by atoms with Gasteiger partial charge in [-0.25, -0.2) is 9.50 Å². The number of anilines is 1. The average molecular weight is 285 g/mol. The van der Waals surface area contributed by atoms with Crippen LogP contribution in [-0.2, 0) is 0 Å². The molecule has 0 aromatic carbocycles. The van der Waals surface area contributed by atoms with Crippen molar-refractivity contribution in [1.82, 2.24) is 19.9 Å². The zero-order chi connectivity index (χ0) is 14.2. The van der Waals surface area contributed by atoms with Crippen molar-refractivity contribution in [3.63, 3.8) is 0 Å². The SMILES string of the molecule is CNCC1CCN(c2nccn3nc(C4CCC4)cc23)C1. The van der Waals surface area contributed by atoms with Crippen molar-refractivity contribution in [2.75, 3.05) is 31.6 Å². The summed E-state index contributed by atoms with van der Waals surface area (Å²) in [5.74, 6) is 2.51. The quantitative estimate of drug-likeness (QED) is 0.934. The third-order valence-corrected chi connectivity index (χ3v) is 4.99. The Kier molecular flexibility index (Phi) is 3.30. The molecule has 3 heterocycles. The number of hydrogen-bond acceptors (Lipinski definition) is 4. The molecule has 1 unspecified atom stereocenters. The highest BCUT2D eigenvalue weighted by molar-refractivity contribution is 5.69. The van der Waals surface area contributed by atoms with E-state index >= 15 is 0 Å². The first-order valence-electron chi connectivity index (χ1n) is 8.09. The van der Waals surface area contributed by atoms with Gasteiger partial charge in [0.05, 0.1) is 5.69 Å². The van der Waals surface area contributed by atoms with Crippen LogP contribution >= 0.6 is 0 Å².